The quantitative estimate of drug-likeness (QED) is 0.668. The number of carbonyl (C=O) groups is 1. The van der Waals surface area contributed by atoms with Crippen LogP contribution >= 0.6 is 11.8 Å². The molecule has 112 valence electrons. The van der Waals surface area contributed by atoms with E-state index < -0.39 is 0 Å². The van der Waals surface area contributed by atoms with Gasteiger partial charge in [-0.15, -0.1) is 0 Å². The van der Waals surface area contributed by atoms with Gasteiger partial charge in [0, 0.05) is 0 Å². The van der Waals surface area contributed by atoms with E-state index in [1.807, 2.05) is 0 Å². The minimum Gasteiger partial charge on any atom is -0.461 e. The zero-order valence-electron chi connectivity index (χ0n) is 12.3. The topological polar surface area (TPSA) is 67.9 Å². The average Bonchev–Trinajstić information content (AvgIpc) is 2.89. The SMILES string of the molecule is CC(C)[C@@H]1CC[C@H](C)C[C@H]1OC(=O)CSc1ncn[nH]1. The molecule has 3 atom stereocenters. The lowest BCUT2D eigenvalue weighted by atomic mass is 9.75. The Balaban J connectivity index is 1.84. The summed E-state index contributed by atoms with van der Waals surface area (Å²) < 4.78 is 5.71. The van der Waals surface area contributed by atoms with Gasteiger partial charge >= 0.3 is 5.97 Å². The molecular formula is C14H23N3O2S. The van der Waals surface area contributed by atoms with E-state index in [2.05, 4.69) is 36.0 Å². The van der Waals surface area contributed by atoms with Gasteiger partial charge in [-0.1, -0.05) is 39.0 Å². The first-order valence-electron chi connectivity index (χ1n) is 7.24. The lowest BCUT2D eigenvalue weighted by Gasteiger charge is -2.36. The number of thioether (sulfide) groups is 1. The van der Waals surface area contributed by atoms with Crippen LogP contribution in [0.4, 0.5) is 0 Å². The Hall–Kier alpha value is -1.04. The Kier molecular flexibility index (Phi) is 5.46. The summed E-state index contributed by atoms with van der Waals surface area (Å²) in [4.78, 5) is 16.0. The Bertz CT molecular complexity index is 422. The number of ether oxygens (including phenoxy) is 1. The number of nitrogens with zero attached hydrogens (tertiary/aromatic N) is 2. The predicted octanol–water partition coefficient (Wildman–Crippen LogP) is 2.90. The van der Waals surface area contributed by atoms with Gasteiger partial charge in [0.15, 0.2) is 5.16 Å². The molecule has 5 nitrogen and oxygen atoms in total. The van der Waals surface area contributed by atoms with Crippen molar-refractivity contribution < 1.29 is 9.53 Å². The third kappa shape index (κ3) is 4.23. The molecule has 0 unspecified atom stereocenters. The standard InChI is InChI=1S/C14H23N3O2S/c1-9(2)11-5-4-10(3)6-12(11)19-13(18)7-20-14-15-8-16-17-14/h8-12H,4-7H2,1-3H3,(H,15,16,17)/t10-,11-,12+/m0/s1. The highest BCUT2D eigenvalue weighted by Gasteiger charge is 2.33. The fourth-order valence-corrected chi connectivity index (χ4v) is 3.41. The summed E-state index contributed by atoms with van der Waals surface area (Å²) in [6.45, 7) is 6.66. The number of aromatic nitrogens is 3. The summed E-state index contributed by atoms with van der Waals surface area (Å²) >= 11 is 1.33. The number of hydrogen-bond donors (Lipinski definition) is 1. The number of nitrogens with one attached hydrogen (secondary N) is 1. The highest BCUT2D eigenvalue weighted by Crippen LogP contribution is 2.35. The summed E-state index contributed by atoms with van der Waals surface area (Å²) in [5.74, 6) is 1.82. The highest BCUT2D eigenvalue weighted by atomic mass is 32.2. The Labute approximate surface area is 124 Å². The molecule has 0 amide bonds. The minimum atomic E-state index is -0.156. The lowest BCUT2D eigenvalue weighted by Crippen LogP contribution is -2.36. The summed E-state index contributed by atoms with van der Waals surface area (Å²) in [6.07, 6.45) is 4.89. The van der Waals surface area contributed by atoms with Crippen molar-refractivity contribution >= 4 is 17.7 Å². The summed E-state index contributed by atoms with van der Waals surface area (Å²) in [5, 5.41) is 7.13. The normalized spacial score (nSPS) is 26.7. The van der Waals surface area contributed by atoms with Crippen molar-refractivity contribution in [2.45, 2.75) is 51.3 Å². The Morgan fingerprint density at radius 2 is 2.35 bits per heavy atom. The van der Waals surface area contributed by atoms with E-state index in [1.54, 1.807) is 0 Å². The number of rotatable bonds is 5. The van der Waals surface area contributed by atoms with Gasteiger partial charge in [-0.05, 0) is 30.6 Å². The smallest absolute Gasteiger partial charge is 0.316 e. The van der Waals surface area contributed by atoms with Crippen LogP contribution in [0.2, 0.25) is 0 Å². The third-order valence-electron chi connectivity index (χ3n) is 3.96. The van der Waals surface area contributed by atoms with Crippen LogP contribution in [0, 0.1) is 17.8 Å². The van der Waals surface area contributed by atoms with Gasteiger partial charge < -0.3 is 4.74 Å². The van der Waals surface area contributed by atoms with Crippen molar-refractivity contribution in [3.8, 4) is 0 Å². The van der Waals surface area contributed by atoms with Crippen molar-refractivity contribution in [2.75, 3.05) is 5.75 Å². The maximum atomic E-state index is 12.0. The zero-order chi connectivity index (χ0) is 14.5. The van der Waals surface area contributed by atoms with E-state index in [-0.39, 0.29) is 17.8 Å². The van der Waals surface area contributed by atoms with E-state index in [4.69, 9.17) is 4.74 Å². The molecule has 1 heterocycles. The molecule has 0 radical (unpaired) electrons. The molecule has 1 saturated carbocycles. The minimum absolute atomic E-state index is 0.0709. The van der Waals surface area contributed by atoms with Gasteiger partial charge in [-0.3, -0.25) is 9.89 Å². The number of esters is 1. The van der Waals surface area contributed by atoms with Crippen molar-refractivity contribution in [2.24, 2.45) is 17.8 Å². The molecule has 2 rings (SSSR count). The van der Waals surface area contributed by atoms with Gasteiger partial charge in [-0.25, -0.2) is 4.98 Å². The molecule has 20 heavy (non-hydrogen) atoms. The monoisotopic (exact) mass is 297 g/mol. The Morgan fingerprint density at radius 1 is 1.55 bits per heavy atom. The van der Waals surface area contributed by atoms with Crippen LogP contribution in [-0.2, 0) is 9.53 Å². The second-order valence-corrected chi connectivity index (χ2v) is 6.90. The first kappa shape index (κ1) is 15.4. The van der Waals surface area contributed by atoms with Crippen molar-refractivity contribution in [1.29, 1.82) is 0 Å². The second kappa shape index (κ2) is 7.11. The van der Waals surface area contributed by atoms with Gasteiger partial charge in [-0.2, -0.15) is 5.10 Å². The molecule has 0 aliphatic heterocycles. The van der Waals surface area contributed by atoms with Gasteiger partial charge in [0.25, 0.3) is 0 Å². The molecule has 0 spiro atoms. The number of carbonyl (C=O) groups excluding carboxylic acids is 1. The fourth-order valence-electron chi connectivity index (χ4n) is 2.84. The summed E-state index contributed by atoms with van der Waals surface area (Å²) in [6, 6.07) is 0. The molecule has 1 aliphatic carbocycles. The Morgan fingerprint density at radius 3 is 3.00 bits per heavy atom. The van der Waals surface area contributed by atoms with Crippen LogP contribution in [0.1, 0.15) is 40.0 Å². The van der Waals surface area contributed by atoms with Crippen molar-refractivity contribution in [1.82, 2.24) is 15.2 Å². The van der Waals surface area contributed by atoms with E-state index in [0.29, 0.717) is 22.9 Å². The van der Waals surface area contributed by atoms with Gasteiger partial charge in [0.05, 0.1) is 5.75 Å². The molecular weight excluding hydrogens is 274 g/mol. The molecule has 0 bridgehead atoms. The summed E-state index contributed by atoms with van der Waals surface area (Å²) in [7, 11) is 0. The molecule has 1 fully saturated rings. The largest absolute Gasteiger partial charge is 0.461 e. The van der Waals surface area contributed by atoms with E-state index in [9.17, 15) is 4.79 Å². The molecule has 1 aliphatic rings. The lowest BCUT2D eigenvalue weighted by molar-refractivity contribution is -0.152. The van der Waals surface area contributed by atoms with Crippen LogP contribution in [-0.4, -0.2) is 33.0 Å². The van der Waals surface area contributed by atoms with Crippen LogP contribution in [0.5, 0.6) is 0 Å². The first-order valence-corrected chi connectivity index (χ1v) is 8.22. The van der Waals surface area contributed by atoms with Crippen molar-refractivity contribution in [3.05, 3.63) is 6.33 Å². The van der Waals surface area contributed by atoms with Crippen LogP contribution < -0.4 is 0 Å². The van der Waals surface area contributed by atoms with Gasteiger partial charge in [0.1, 0.15) is 12.4 Å². The van der Waals surface area contributed by atoms with Crippen LogP contribution in [0.25, 0.3) is 0 Å². The first-order chi connectivity index (χ1) is 9.56. The van der Waals surface area contributed by atoms with E-state index in [0.717, 1.165) is 12.8 Å². The molecule has 6 heteroatoms. The maximum Gasteiger partial charge on any atom is 0.316 e. The van der Waals surface area contributed by atoms with Gasteiger partial charge in [0.2, 0.25) is 0 Å². The maximum absolute atomic E-state index is 12.0. The molecule has 0 aromatic carbocycles. The van der Waals surface area contributed by atoms with Crippen LogP contribution in [0.15, 0.2) is 11.5 Å². The second-order valence-electron chi connectivity index (χ2n) is 5.93. The highest BCUT2D eigenvalue weighted by molar-refractivity contribution is 7.99. The molecule has 1 N–H and O–H groups in total. The van der Waals surface area contributed by atoms with Crippen LogP contribution in [0.3, 0.4) is 0 Å². The number of H-pyrrole nitrogens is 1. The third-order valence-corrected chi connectivity index (χ3v) is 4.81. The number of hydrogen-bond acceptors (Lipinski definition) is 5. The molecule has 1 aromatic rings. The summed E-state index contributed by atoms with van der Waals surface area (Å²) in [5.41, 5.74) is 0. The number of aromatic amines is 1. The van der Waals surface area contributed by atoms with E-state index in [1.165, 1.54) is 24.5 Å². The molecule has 0 saturated heterocycles. The predicted molar refractivity (Wildman–Crippen MR) is 78.3 cm³/mol. The van der Waals surface area contributed by atoms with Crippen molar-refractivity contribution in [3.63, 3.8) is 0 Å². The fraction of sp³-hybridized carbons (Fsp3) is 0.786. The average molecular weight is 297 g/mol. The van der Waals surface area contributed by atoms with E-state index >= 15 is 0 Å². The molecule has 1 aromatic heterocycles. The zero-order valence-corrected chi connectivity index (χ0v) is 13.2.